The molecule has 1 heterocycles. The van der Waals surface area contributed by atoms with E-state index < -0.39 is 15.8 Å². The van der Waals surface area contributed by atoms with Crippen LogP contribution < -0.4 is 0 Å². The van der Waals surface area contributed by atoms with E-state index in [2.05, 4.69) is 4.90 Å². The van der Waals surface area contributed by atoms with Crippen molar-refractivity contribution in [3.8, 4) is 0 Å². The third-order valence-electron chi connectivity index (χ3n) is 4.14. The molecule has 2 unspecified atom stereocenters. The highest BCUT2D eigenvalue weighted by Gasteiger charge is 2.36. The number of carboxylic acids is 1. The Morgan fingerprint density at radius 3 is 2.28 bits per heavy atom. The van der Waals surface area contributed by atoms with Gasteiger partial charge in [0.1, 0.15) is 0 Å². The lowest BCUT2D eigenvalue weighted by molar-refractivity contribution is -0.144. The largest absolute Gasteiger partial charge is 0.481 e. The summed E-state index contributed by atoms with van der Waals surface area (Å²) in [6.45, 7) is 0.994. The molecule has 2 rings (SSSR count). The van der Waals surface area contributed by atoms with Crippen molar-refractivity contribution in [3.63, 3.8) is 0 Å². The maximum atomic E-state index is 11.4. The number of nitrogens with zero attached hydrogens (tertiary/aromatic N) is 1. The molecule has 0 aromatic rings. The van der Waals surface area contributed by atoms with Crippen LogP contribution in [-0.4, -0.2) is 55.0 Å². The van der Waals surface area contributed by atoms with Crippen LogP contribution in [-0.2, 0) is 14.6 Å². The van der Waals surface area contributed by atoms with Crippen molar-refractivity contribution in [1.82, 2.24) is 4.90 Å². The molecular weight excluding hydrogens is 254 g/mol. The van der Waals surface area contributed by atoms with Crippen LogP contribution in [0.25, 0.3) is 0 Å². The Hall–Kier alpha value is -0.620. The van der Waals surface area contributed by atoms with E-state index in [0.29, 0.717) is 13.1 Å². The van der Waals surface area contributed by atoms with Crippen LogP contribution in [0.4, 0.5) is 0 Å². The molecule has 0 bridgehead atoms. The fourth-order valence-corrected chi connectivity index (χ4v) is 4.30. The van der Waals surface area contributed by atoms with E-state index in [0.717, 1.165) is 32.1 Å². The SMILES string of the molecule is O=C(O)C1CCCCCC1N1CCS(=O)(=O)CC1. The van der Waals surface area contributed by atoms with Gasteiger partial charge in [-0.05, 0) is 12.8 Å². The second kappa shape index (κ2) is 5.57. The van der Waals surface area contributed by atoms with E-state index in [1.165, 1.54) is 0 Å². The van der Waals surface area contributed by atoms with Gasteiger partial charge in [0.25, 0.3) is 0 Å². The van der Waals surface area contributed by atoms with Gasteiger partial charge in [-0.1, -0.05) is 19.3 Å². The smallest absolute Gasteiger partial charge is 0.308 e. The number of carbonyl (C=O) groups is 1. The predicted molar refractivity (Wildman–Crippen MR) is 68.2 cm³/mol. The van der Waals surface area contributed by atoms with E-state index in [1.54, 1.807) is 0 Å². The molecule has 5 nitrogen and oxygen atoms in total. The van der Waals surface area contributed by atoms with E-state index >= 15 is 0 Å². The van der Waals surface area contributed by atoms with Crippen LogP contribution >= 0.6 is 0 Å². The Bertz CT molecular complexity index is 392. The molecule has 1 saturated carbocycles. The summed E-state index contributed by atoms with van der Waals surface area (Å²) in [5.41, 5.74) is 0. The quantitative estimate of drug-likeness (QED) is 0.753. The van der Waals surface area contributed by atoms with Gasteiger partial charge in [0.2, 0.25) is 0 Å². The summed E-state index contributed by atoms with van der Waals surface area (Å²) in [4.78, 5) is 13.4. The lowest BCUT2D eigenvalue weighted by Crippen LogP contribution is -2.50. The first-order valence-electron chi connectivity index (χ1n) is 6.67. The minimum atomic E-state index is -2.89. The summed E-state index contributed by atoms with van der Waals surface area (Å²) >= 11 is 0. The summed E-state index contributed by atoms with van der Waals surface area (Å²) in [6.07, 6.45) is 4.73. The van der Waals surface area contributed by atoms with Gasteiger partial charge in [0.05, 0.1) is 17.4 Å². The first-order valence-corrected chi connectivity index (χ1v) is 8.49. The van der Waals surface area contributed by atoms with Crippen LogP contribution in [0.3, 0.4) is 0 Å². The molecule has 0 amide bonds. The lowest BCUT2D eigenvalue weighted by Gasteiger charge is -2.36. The van der Waals surface area contributed by atoms with E-state index in [4.69, 9.17) is 0 Å². The van der Waals surface area contributed by atoms with E-state index in [-0.39, 0.29) is 23.5 Å². The number of rotatable bonds is 2. The maximum absolute atomic E-state index is 11.4. The van der Waals surface area contributed by atoms with Crippen molar-refractivity contribution < 1.29 is 18.3 Å². The molecule has 0 aromatic heterocycles. The van der Waals surface area contributed by atoms with Gasteiger partial charge >= 0.3 is 5.97 Å². The molecule has 2 fully saturated rings. The Morgan fingerprint density at radius 1 is 1.06 bits per heavy atom. The van der Waals surface area contributed by atoms with Gasteiger partial charge in [0, 0.05) is 19.1 Å². The van der Waals surface area contributed by atoms with Crippen LogP contribution in [0.1, 0.15) is 32.1 Å². The topological polar surface area (TPSA) is 74.7 Å². The van der Waals surface area contributed by atoms with Crippen molar-refractivity contribution in [2.75, 3.05) is 24.6 Å². The lowest BCUT2D eigenvalue weighted by atomic mass is 9.93. The molecule has 1 aliphatic carbocycles. The van der Waals surface area contributed by atoms with Crippen molar-refractivity contribution in [2.24, 2.45) is 5.92 Å². The zero-order valence-electron chi connectivity index (χ0n) is 10.5. The number of hydrogen-bond acceptors (Lipinski definition) is 4. The summed E-state index contributed by atoms with van der Waals surface area (Å²) in [5.74, 6) is -0.699. The van der Waals surface area contributed by atoms with Gasteiger partial charge in [-0.15, -0.1) is 0 Å². The van der Waals surface area contributed by atoms with Crippen molar-refractivity contribution >= 4 is 15.8 Å². The molecule has 1 aliphatic heterocycles. The molecule has 2 aliphatic rings. The highest BCUT2D eigenvalue weighted by atomic mass is 32.2. The molecule has 0 spiro atoms. The highest BCUT2D eigenvalue weighted by Crippen LogP contribution is 2.28. The number of hydrogen-bond donors (Lipinski definition) is 1. The molecule has 18 heavy (non-hydrogen) atoms. The molecule has 0 radical (unpaired) electrons. The summed E-state index contributed by atoms with van der Waals surface area (Å²) in [6, 6.07) is 0.0282. The fraction of sp³-hybridized carbons (Fsp3) is 0.917. The van der Waals surface area contributed by atoms with Crippen LogP contribution in [0.15, 0.2) is 0 Å². The van der Waals surface area contributed by atoms with Crippen molar-refractivity contribution in [3.05, 3.63) is 0 Å². The van der Waals surface area contributed by atoms with Gasteiger partial charge < -0.3 is 5.11 Å². The van der Waals surface area contributed by atoms with Crippen LogP contribution in [0, 0.1) is 5.92 Å². The van der Waals surface area contributed by atoms with Crippen LogP contribution in [0.5, 0.6) is 0 Å². The van der Waals surface area contributed by atoms with Gasteiger partial charge in [-0.2, -0.15) is 0 Å². The molecule has 6 heteroatoms. The predicted octanol–water partition coefficient (Wildman–Crippen LogP) is 0.750. The summed E-state index contributed by atoms with van der Waals surface area (Å²) in [7, 11) is -2.89. The number of carboxylic acid groups (broad SMARTS) is 1. The third kappa shape index (κ3) is 3.23. The van der Waals surface area contributed by atoms with Gasteiger partial charge in [0.15, 0.2) is 9.84 Å². The highest BCUT2D eigenvalue weighted by molar-refractivity contribution is 7.91. The normalized spacial score (nSPS) is 33.8. The minimum Gasteiger partial charge on any atom is -0.481 e. The molecule has 2 atom stereocenters. The zero-order valence-corrected chi connectivity index (χ0v) is 11.4. The molecule has 1 saturated heterocycles. The number of sulfone groups is 1. The second-order valence-electron chi connectivity index (χ2n) is 5.34. The molecule has 104 valence electrons. The molecule has 1 N–H and O–H groups in total. The average Bonchev–Trinajstić information content (AvgIpc) is 2.54. The summed E-state index contributed by atoms with van der Waals surface area (Å²) < 4.78 is 22.8. The molecule has 0 aromatic carbocycles. The Kier molecular flexibility index (Phi) is 4.27. The summed E-state index contributed by atoms with van der Waals surface area (Å²) in [5, 5.41) is 9.32. The first kappa shape index (κ1) is 13.8. The van der Waals surface area contributed by atoms with Crippen molar-refractivity contribution in [1.29, 1.82) is 0 Å². The maximum Gasteiger partial charge on any atom is 0.308 e. The standard InChI is InChI=1S/C12H21NO4S/c14-12(15)10-4-2-1-3-5-11(10)13-6-8-18(16,17)9-7-13/h10-11H,1-9H2,(H,14,15). The number of aliphatic carboxylic acids is 1. The first-order chi connectivity index (χ1) is 8.49. The Labute approximate surface area is 108 Å². The monoisotopic (exact) mass is 275 g/mol. The van der Waals surface area contributed by atoms with Gasteiger partial charge in [-0.3, -0.25) is 9.69 Å². The Morgan fingerprint density at radius 2 is 1.67 bits per heavy atom. The fourth-order valence-electron chi connectivity index (χ4n) is 3.07. The second-order valence-corrected chi connectivity index (χ2v) is 7.64. The molecular formula is C12H21NO4S. The van der Waals surface area contributed by atoms with Gasteiger partial charge in [-0.25, -0.2) is 8.42 Å². The Balaban J connectivity index is 2.06. The van der Waals surface area contributed by atoms with Crippen molar-refractivity contribution in [2.45, 2.75) is 38.1 Å². The van der Waals surface area contributed by atoms with E-state index in [1.807, 2.05) is 0 Å². The zero-order chi connectivity index (χ0) is 13.2. The minimum absolute atomic E-state index is 0.0282. The van der Waals surface area contributed by atoms with E-state index in [9.17, 15) is 18.3 Å². The average molecular weight is 275 g/mol. The van der Waals surface area contributed by atoms with Crippen LogP contribution in [0.2, 0.25) is 0 Å². The third-order valence-corrected chi connectivity index (χ3v) is 5.75.